The van der Waals surface area contributed by atoms with E-state index in [9.17, 15) is 14.7 Å². The van der Waals surface area contributed by atoms with E-state index in [0.29, 0.717) is 30.1 Å². The molecule has 1 rings (SSSR count). The lowest BCUT2D eigenvalue weighted by Gasteiger charge is -2.44. The van der Waals surface area contributed by atoms with E-state index < -0.39 is 24.1 Å². The van der Waals surface area contributed by atoms with Gasteiger partial charge >= 0.3 is 5.97 Å². The second kappa shape index (κ2) is 7.99. The molecule has 0 aromatic carbocycles. The molecule has 0 bridgehead atoms. The van der Waals surface area contributed by atoms with Crippen LogP contribution in [0, 0.1) is 5.92 Å². The molecule has 1 aliphatic rings. The second-order valence-electron chi connectivity index (χ2n) is 5.79. The molecule has 120 valence electrons. The van der Waals surface area contributed by atoms with Gasteiger partial charge in [0.2, 0.25) is 0 Å². The van der Waals surface area contributed by atoms with Gasteiger partial charge in [-0.2, -0.15) is 11.8 Å². The highest BCUT2D eigenvalue weighted by Crippen LogP contribution is 2.44. The van der Waals surface area contributed by atoms with E-state index in [0.717, 1.165) is 12.8 Å². The summed E-state index contributed by atoms with van der Waals surface area (Å²) in [5, 5.41) is 9.65. The normalized spacial score (nSPS) is 29.0. The molecule has 1 aliphatic carbocycles. The summed E-state index contributed by atoms with van der Waals surface area (Å²) in [7, 11) is 0. The van der Waals surface area contributed by atoms with Gasteiger partial charge in [-0.1, -0.05) is 19.9 Å². The number of ketones is 1. The Kier molecular flexibility index (Phi) is 6.94. The molecule has 0 aliphatic heterocycles. The summed E-state index contributed by atoms with van der Waals surface area (Å²) in [6.07, 6.45) is 5.73. The minimum absolute atomic E-state index is 0.225. The molecule has 4 nitrogen and oxygen atoms in total. The SMILES string of the molecule is C=C(C)C(=O)OC1(CCC)CCC(SC)CC1C(=O)CO. The molecule has 1 fully saturated rings. The Morgan fingerprint density at radius 3 is 2.62 bits per heavy atom. The number of rotatable bonds is 7. The van der Waals surface area contributed by atoms with Gasteiger partial charge in [0.25, 0.3) is 0 Å². The molecule has 0 amide bonds. The van der Waals surface area contributed by atoms with Gasteiger partial charge in [-0.25, -0.2) is 4.79 Å². The van der Waals surface area contributed by atoms with Crippen LogP contribution in [0.4, 0.5) is 0 Å². The van der Waals surface area contributed by atoms with Crippen molar-refractivity contribution >= 4 is 23.5 Å². The van der Waals surface area contributed by atoms with E-state index in [1.165, 1.54) is 0 Å². The monoisotopic (exact) mass is 314 g/mol. The molecule has 0 saturated heterocycles. The van der Waals surface area contributed by atoms with Gasteiger partial charge in [0.15, 0.2) is 5.78 Å². The number of carbonyl (C=O) groups excluding carboxylic acids is 2. The Morgan fingerprint density at radius 1 is 1.48 bits per heavy atom. The van der Waals surface area contributed by atoms with Crippen LogP contribution >= 0.6 is 11.8 Å². The van der Waals surface area contributed by atoms with Crippen LogP contribution in [0.5, 0.6) is 0 Å². The second-order valence-corrected chi connectivity index (χ2v) is 6.93. The lowest BCUT2D eigenvalue weighted by atomic mass is 9.70. The molecule has 3 unspecified atom stereocenters. The Balaban J connectivity index is 3.08. The number of carbonyl (C=O) groups is 2. The van der Waals surface area contributed by atoms with Crippen molar-refractivity contribution in [2.45, 2.75) is 56.8 Å². The standard InChI is InChI=1S/C16H26O4S/c1-5-7-16(20-15(19)11(2)3)8-6-12(21-4)9-13(16)14(18)10-17/h12-13,17H,2,5-10H2,1,3-4H3. The van der Waals surface area contributed by atoms with Gasteiger partial charge in [-0.3, -0.25) is 4.79 Å². The number of Topliss-reactive ketones (excluding diaryl/α,β-unsaturated/α-hetero) is 1. The summed E-state index contributed by atoms with van der Waals surface area (Å²) >= 11 is 1.73. The summed E-state index contributed by atoms with van der Waals surface area (Å²) in [6, 6.07) is 0. The maximum atomic E-state index is 12.2. The average molecular weight is 314 g/mol. The highest BCUT2D eigenvalue weighted by molar-refractivity contribution is 7.99. The fraction of sp³-hybridized carbons (Fsp3) is 0.750. The first-order valence-electron chi connectivity index (χ1n) is 7.45. The number of esters is 1. The minimum Gasteiger partial charge on any atom is -0.455 e. The summed E-state index contributed by atoms with van der Waals surface area (Å²) in [6.45, 7) is 6.74. The molecule has 0 aromatic rings. The molecule has 1 saturated carbocycles. The Morgan fingerprint density at radius 2 is 2.14 bits per heavy atom. The van der Waals surface area contributed by atoms with E-state index in [4.69, 9.17) is 4.74 Å². The van der Waals surface area contributed by atoms with E-state index >= 15 is 0 Å². The van der Waals surface area contributed by atoms with Gasteiger partial charge in [0.1, 0.15) is 12.2 Å². The predicted molar refractivity (Wildman–Crippen MR) is 85.3 cm³/mol. The molecule has 0 aromatic heterocycles. The van der Waals surface area contributed by atoms with Crippen molar-refractivity contribution in [2.75, 3.05) is 12.9 Å². The summed E-state index contributed by atoms with van der Waals surface area (Å²) in [5.74, 6) is -1.09. The number of hydrogen-bond donors (Lipinski definition) is 1. The Bertz CT molecular complexity index is 407. The summed E-state index contributed by atoms with van der Waals surface area (Å²) < 4.78 is 5.73. The van der Waals surface area contributed by atoms with Gasteiger partial charge in [-0.05, 0) is 38.9 Å². The topological polar surface area (TPSA) is 63.6 Å². The van der Waals surface area contributed by atoms with Crippen LogP contribution in [0.3, 0.4) is 0 Å². The van der Waals surface area contributed by atoms with Crippen LogP contribution in [0.2, 0.25) is 0 Å². The van der Waals surface area contributed by atoms with Crippen LogP contribution < -0.4 is 0 Å². The quantitative estimate of drug-likeness (QED) is 0.578. The first-order chi connectivity index (χ1) is 9.90. The molecular formula is C16H26O4S. The zero-order valence-corrected chi connectivity index (χ0v) is 14.0. The van der Waals surface area contributed by atoms with Gasteiger partial charge < -0.3 is 9.84 Å². The van der Waals surface area contributed by atoms with Crippen LogP contribution in [0.1, 0.15) is 46.0 Å². The lowest BCUT2D eigenvalue weighted by molar-refractivity contribution is -0.171. The van der Waals surface area contributed by atoms with Gasteiger partial charge in [0, 0.05) is 10.8 Å². The number of aliphatic hydroxyl groups excluding tert-OH is 1. The largest absolute Gasteiger partial charge is 0.455 e. The van der Waals surface area contributed by atoms with Crippen LogP contribution in [-0.4, -0.2) is 40.6 Å². The summed E-state index contributed by atoms with van der Waals surface area (Å²) in [5.41, 5.74) is -0.440. The van der Waals surface area contributed by atoms with E-state index in [1.54, 1.807) is 18.7 Å². The first kappa shape index (κ1) is 18.2. The van der Waals surface area contributed by atoms with Crippen molar-refractivity contribution in [2.24, 2.45) is 5.92 Å². The maximum Gasteiger partial charge on any atom is 0.333 e. The maximum absolute atomic E-state index is 12.2. The Labute approximate surface area is 131 Å². The van der Waals surface area contributed by atoms with Gasteiger partial charge in [0.05, 0.1) is 5.92 Å². The third-order valence-corrected chi connectivity index (χ3v) is 5.31. The molecule has 0 spiro atoms. The van der Waals surface area contributed by atoms with Crippen LogP contribution in [-0.2, 0) is 14.3 Å². The van der Waals surface area contributed by atoms with Crippen LogP contribution in [0.25, 0.3) is 0 Å². The molecule has 1 N–H and O–H groups in total. The average Bonchev–Trinajstić information content (AvgIpc) is 2.47. The van der Waals surface area contributed by atoms with Crippen molar-refractivity contribution in [1.82, 2.24) is 0 Å². The molecule has 3 atom stereocenters. The number of aliphatic hydroxyl groups is 1. The minimum atomic E-state index is -0.781. The van der Waals surface area contributed by atoms with E-state index in [2.05, 4.69) is 6.58 Å². The zero-order chi connectivity index (χ0) is 16.0. The van der Waals surface area contributed by atoms with Crippen molar-refractivity contribution in [3.05, 3.63) is 12.2 Å². The molecule has 0 heterocycles. The van der Waals surface area contributed by atoms with E-state index in [1.807, 2.05) is 13.2 Å². The van der Waals surface area contributed by atoms with Crippen molar-refractivity contribution < 1.29 is 19.4 Å². The fourth-order valence-corrected chi connectivity index (χ4v) is 3.83. The van der Waals surface area contributed by atoms with Gasteiger partial charge in [-0.15, -0.1) is 0 Å². The zero-order valence-electron chi connectivity index (χ0n) is 13.2. The van der Waals surface area contributed by atoms with E-state index in [-0.39, 0.29) is 5.78 Å². The first-order valence-corrected chi connectivity index (χ1v) is 8.74. The lowest BCUT2D eigenvalue weighted by Crippen LogP contribution is -2.51. The summed E-state index contributed by atoms with van der Waals surface area (Å²) in [4.78, 5) is 24.2. The smallest absolute Gasteiger partial charge is 0.333 e. The number of thioether (sulfide) groups is 1. The highest BCUT2D eigenvalue weighted by Gasteiger charge is 2.49. The third kappa shape index (κ3) is 4.33. The molecule has 5 heteroatoms. The van der Waals surface area contributed by atoms with Crippen LogP contribution in [0.15, 0.2) is 12.2 Å². The Hall–Kier alpha value is -0.810. The van der Waals surface area contributed by atoms with Crippen molar-refractivity contribution in [1.29, 1.82) is 0 Å². The van der Waals surface area contributed by atoms with Crippen molar-refractivity contribution in [3.8, 4) is 0 Å². The highest BCUT2D eigenvalue weighted by atomic mass is 32.2. The third-order valence-electron chi connectivity index (χ3n) is 4.22. The fourth-order valence-electron chi connectivity index (χ4n) is 3.09. The van der Waals surface area contributed by atoms with Crippen molar-refractivity contribution in [3.63, 3.8) is 0 Å². The molecule has 0 radical (unpaired) electrons. The predicted octanol–water partition coefficient (Wildman–Crippen LogP) is 2.74. The molecule has 21 heavy (non-hydrogen) atoms. The molecular weight excluding hydrogens is 288 g/mol. The number of hydrogen-bond acceptors (Lipinski definition) is 5. The number of ether oxygens (including phenoxy) is 1.